The SMILES string of the molecule is CCc1ccc(OCc2ccccc2C(=O)NC(=S)Nc2cc(Cl)c(Cl)c(Cl)c2)cc1. The smallest absolute Gasteiger partial charge is 0.257 e. The molecule has 0 aliphatic carbocycles. The number of anilines is 1. The number of carbonyl (C=O) groups excluding carboxylic acids is 1. The number of carbonyl (C=O) groups is 1. The van der Waals surface area contributed by atoms with Crippen molar-refractivity contribution in [1.82, 2.24) is 5.32 Å². The van der Waals surface area contributed by atoms with E-state index >= 15 is 0 Å². The lowest BCUT2D eigenvalue weighted by Gasteiger charge is -2.14. The monoisotopic (exact) mass is 492 g/mol. The van der Waals surface area contributed by atoms with Gasteiger partial charge >= 0.3 is 0 Å². The molecule has 0 spiro atoms. The first-order chi connectivity index (χ1) is 14.9. The summed E-state index contributed by atoms with van der Waals surface area (Å²) in [6.45, 7) is 2.35. The minimum Gasteiger partial charge on any atom is -0.489 e. The van der Waals surface area contributed by atoms with Gasteiger partial charge in [-0.25, -0.2) is 0 Å². The predicted molar refractivity (Wildman–Crippen MR) is 132 cm³/mol. The summed E-state index contributed by atoms with van der Waals surface area (Å²) < 4.78 is 5.85. The lowest BCUT2D eigenvalue weighted by Crippen LogP contribution is -2.34. The molecule has 1 amide bonds. The first-order valence-electron chi connectivity index (χ1n) is 9.44. The molecular weight excluding hydrogens is 475 g/mol. The van der Waals surface area contributed by atoms with E-state index in [1.165, 1.54) is 5.56 Å². The maximum atomic E-state index is 12.8. The van der Waals surface area contributed by atoms with E-state index in [0.717, 1.165) is 17.7 Å². The van der Waals surface area contributed by atoms with E-state index in [-0.39, 0.29) is 32.7 Å². The van der Waals surface area contributed by atoms with Crippen LogP contribution in [0.5, 0.6) is 5.75 Å². The average Bonchev–Trinajstić information content (AvgIpc) is 2.76. The number of thiocarbonyl (C=S) groups is 1. The molecule has 4 nitrogen and oxygen atoms in total. The number of rotatable bonds is 6. The highest BCUT2D eigenvalue weighted by molar-refractivity contribution is 7.80. The zero-order valence-corrected chi connectivity index (χ0v) is 19.6. The second-order valence-electron chi connectivity index (χ2n) is 6.61. The van der Waals surface area contributed by atoms with Crippen molar-refractivity contribution in [1.29, 1.82) is 0 Å². The van der Waals surface area contributed by atoms with Crippen molar-refractivity contribution >= 4 is 63.7 Å². The Morgan fingerprint density at radius 3 is 2.29 bits per heavy atom. The first kappa shape index (κ1) is 23.4. The summed E-state index contributed by atoms with van der Waals surface area (Å²) in [4.78, 5) is 12.8. The Kier molecular flexibility index (Phi) is 8.15. The number of hydrogen-bond acceptors (Lipinski definition) is 3. The van der Waals surface area contributed by atoms with Crippen molar-refractivity contribution in [2.24, 2.45) is 0 Å². The molecule has 0 saturated carbocycles. The van der Waals surface area contributed by atoms with Crippen LogP contribution in [-0.4, -0.2) is 11.0 Å². The van der Waals surface area contributed by atoms with E-state index in [2.05, 4.69) is 17.6 Å². The van der Waals surface area contributed by atoms with Gasteiger partial charge in [0, 0.05) is 16.8 Å². The molecule has 0 fully saturated rings. The lowest BCUT2D eigenvalue weighted by molar-refractivity contribution is 0.0975. The molecule has 2 N–H and O–H groups in total. The normalized spacial score (nSPS) is 10.5. The van der Waals surface area contributed by atoms with Gasteiger partial charge in [0.05, 0.1) is 15.1 Å². The fourth-order valence-electron chi connectivity index (χ4n) is 2.81. The predicted octanol–water partition coefficient (Wildman–Crippen LogP) is 6.92. The molecule has 0 heterocycles. The van der Waals surface area contributed by atoms with Crippen LogP contribution in [0.4, 0.5) is 5.69 Å². The molecule has 160 valence electrons. The fourth-order valence-corrected chi connectivity index (χ4v) is 3.62. The van der Waals surface area contributed by atoms with Crippen LogP contribution in [0.2, 0.25) is 15.1 Å². The van der Waals surface area contributed by atoms with E-state index in [4.69, 9.17) is 51.8 Å². The molecule has 31 heavy (non-hydrogen) atoms. The Morgan fingerprint density at radius 1 is 1.00 bits per heavy atom. The number of halogens is 3. The van der Waals surface area contributed by atoms with Gasteiger partial charge in [0.2, 0.25) is 0 Å². The molecule has 3 aromatic rings. The van der Waals surface area contributed by atoms with E-state index in [1.807, 2.05) is 36.4 Å². The van der Waals surface area contributed by atoms with Gasteiger partial charge in [0.15, 0.2) is 5.11 Å². The molecule has 0 aliphatic rings. The van der Waals surface area contributed by atoms with Crippen molar-refractivity contribution in [3.05, 3.63) is 92.4 Å². The number of hydrogen-bond donors (Lipinski definition) is 2. The van der Waals surface area contributed by atoms with Gasteiger partial charge in [-0.05, 0) is 54.5 Å². The third kappa shape index (κ3) is 6.34. The van der Waals surface area contributed by atoms with Crippen molar-refractivity contribution in [2.75, 3.05) is 5.32 Å². The zero-order valence-electron chi connectivity index (χ0n) is 16.5. The largest absolute Gasteiger partial charge is 0.489 e. The Balaban J connectivity index is 1.65. The summed E-state index contributed by atoms with van der Waals surface area (Å²) in [7, 11) is 0. The molecule has 0 bridgehead atoms. The summed E-state index contributed by atoms with van der Waals surface area (Å²) in [6, 6.07) is 18.2. The quantitative estimate of drug-likeness (QED) is 0.289. The summed E-state index contributed by atoms with van der Waals surface area (Å²) in [6.07, 6.45) is 0.964. The third-order valence-electron chi connectivity index (χ3n) is 4.46. The van der Waals surface area contributed by atoms with E-state index in [1.54, 1.807) is 24.3 Å². The highest BCUT2D eigenvalue weighted by Crippen LogP contribution is 2.33. The zero-order chi connectivity index (χ0) is 22.4. The van der Waals surface area contributed by atoms with Crippen molar-refractivity contribution < 1.29 is 9.53 Å². The van der Waals surface area contributed by atoms with Crippen LogP contribution in [-0.2, 0) is 13.0 Å². The van der Waals surface area contributed by atoms with Gasteiger partial charge in [0.1, 0.15) is 12.4 Å². The summed E-state index contributed by atoms with van der Waals surface area (Å²) in [5, 5.41) is 6.45. The number of aryl methyl sites for hydroxylation is 1. The van der Waals surface area contributed by atoms with Gasteiger partial charge in [-0.15, -0.1) is 0 Å². The minimum absolute atomic E-state index is 0.102. The molecule has 3 rings (SSSR count). The van der Waals surface area contributed by atoms with Crippen molar-refractivity contribution in [3.8, 4) is 5.75 Å². The molecule has 8 heteroatoms. The maximum Gasteiger partial charge on any atom is 0.257 e. The first-order valence-corrected chi connectivity index (χ1v) is 11.0. The van der Waals surface area contributed by atoms with Crippen LogP contribution in [0, 0.1) is 0 Å². The molecular formula is C23H19Cl3N2O2S. The Morgan fingerprint density at radius 2 is 1.65 bits per heavy atom. The number of ether oxygens (including phenoxy) is 1. The van der Waals surface area contributed by atoms with Crippen LogP contribution >= 0.6 is 47.0 Å². The standard InChI is InChI=1S/C23H19Cl3N2O2S/c1-2-14-7-9-17(10-8-14)30-13-15-5-3-4-6-18(15)22(29)28-23(31)27-16-11-19(24)21(26)20(25)12-16/h3-12H,2,13H2,1H3,(H2,27,28,29,31). The van der Waals surface area contributed by atoms with Crippen LogP contribution in [0.3, 0.4) is 0 Å². The molecule has 0 aliphatic heterocycles. The van der Waals surface area contributed by atoms with Crippen LogP contribution in [0.25, 0.3) is 0 Å². The van der Waals surface area contributed by atoms with E-state index < -0.39 is 0 Å². The molecule has 0 unspecified atom stereocenters. The third-order valence-corrected chi connectivity index (χ3v) is 5.86. The fraction of sp³-hybridized carbons (Fsp3) is 0.130. The maximum absolute atomic E-state index is 12.8. The van der Waals surface area contributed by atoms with Crippen LogP contribution in [0.1, 0.15) is 28.4 Å². The second kappa shape index (κ2) is 10.8. The van der Waals surface area contributed by atoms with Crippen molar-refractivity contribution in [3.63, 3.8) is 0 Å². The topological polar surface area (TPSA) is 50.4 Å². The van der Waals surface area contributed by atoms with E-state index in [9.17, 15) is 4.79 Å². The van der Waals surface area contributed by atoms with E-state index in [0.29, 0.717) is 11.3 Å². The molecule has 0 radical (unpaired) electrons. The molecule has 0 saturated heterocycles. The number of nitrogens with one attached hydrogen (secondary N) is 2. The van der Waals surface area contributed by atoms with Gasteiger partial charge < -0.3 is 10.1 Å². The van der Waals surface area contributed by atoms with Crippen molar-refractivity contribution in [2.45, 2.75) is 20.0 Å². The number of amides is 1. The number of benzene rings is 3. The highest BCUT2D eigenvalue weighted by atomic mass is 35.5. The van der Waals surface area contributed by atoms with Crippen LogP contribution < -0.4 is 15.4 Å². The minimum atomic E-state index is -0.357. The Bertz CT molecular complexity index is 1080. The van der Waals surface area contributed by atoms with Gasteiger partial charge in [-0.3, -0.25) is 10.1 Å². The second-order valence-corrected chi connectivity index (χ2v) is 8.21. The lowest BCUT2D eigenvalue weighted by atomic mass is 10.1. The average molecular weight is 494 g/mol. The van der Waals surface area contributed by atoms with Crippen LogP contribution in [0.15, 0.2) is 60.7 Å². The molecule has 0 atom stereocenters. The van der Waals surface area contributed by atoms with Gasteiger partial charge in [0.25, 0.3) is 5.91 Å². The molecule has 3 aromatic carbocycles. The summed E-state index contributed by atoms with van der Waals surface area (Å²) in [5.41, 5.74) is 2.94. The van der Waals surface area contributed by atoms with Gasteiger partial charge in [-0.2, -0.15) is 0 Å². The summed E-state index contributed by atoms with van der Waals surface area (Å²) >= 11 is 23.2. The Hall–Kier alpha value is -2.31. The Labute approximate surface area is 201 Å². The molecule has 0 aromatic heterocycles. The van der Waals surface area contributed by atoms with Gasteiger partial charge in [-0.1, -0.05) is 72.1 Å². The highest BCUT2D eigenvalue weighted by Gasteiger charge is 2.14. The summed E-state index contributed by atoms with van der Waals surface area (Å²) in [5.74, 6) is 0.380.